The van der Waals surface area contributed by atoms with Gasteiger partial charge in [0.05, 0.1) is 5.52 Å². The summed E-state index contributed by atoms with van der Waals surface area (Å²) in [7, 11) is 0. The van der Waals surface area contributed by atoms with Crippen LogP contribution in [0.3, 0.4) is 0 Å². The third-order valence-corrected chi connectivity index (χ3v) is 5.31. The van der Waals surface area contributed by atoms with Crippen LogP contribution >= 0.6 is 0 Å². The van der Waals surface area contributed by atoms with Gasteiger partial charge >= 0.3 is 5.76 Å². The fourth-order valence-electron chi connectivity index (χ4n) is 4.05. The van der Waals surface area contributed by atoms with Crippen molar-refractivity contribution in [2.75, 3.05) is 0 Å². The molecule has 3 atom stereocenters. The molecule has 2 N–H and O–H groups in total. The van der Waals surface area contributed by atoms with E-state index in [0.29, 0.717) is 18.0 Å². The summed E-state index contributed by atoms with van der Waals surface area (Å²) in [6, 6.07) is 6.10. The Hall–Kier alpha value is -1.55. The summed E-state index contributed by atoms with van der Waals surface area (Å²) in [6.45, 7) is 2.75. The summed E-state index contributed by atoms with van der Waals surface area (Å²) in [4.78, 5) is 11.9. The van der Waals surface area contributed by atoms with Crippen LogP contribution in [0.15, 0.2) is 27.4 Å². The molecule has 0 radical (unpaired) electrons. The summed E-state index contributed by atoms with van der Waals surface area (Å²) < 4.78 is 7.09. The molecule has 3 unspecified atom stereocenters. The van der Waals surface area contributed by atoms with Crippen molar-refractivity contribution < 1.29 is 4.42 Å². The molecule has 4 nitrogen and oxygen atoms in total. The molecule has 0 bridgehead atoms. The molecule has 1 aromatic carbocycles. The molecule has 0 spiro atoms. The second-order valence-corrected chi connectivity index (χ2v) is 6.76. The standard InChI is InChI=1S/C17H22N2O2/c1-2-5-19-14-4-3-10(9-15(14)21-17(19)20)16(18)13-7-11-6-12(11)8-13/h3-4,9,11-13,16H,2,5-8,18H2,1H3. The Bertz CT molecular complexity index is 720. The summed E-state index contributed by atoms with van der Waals surface area (Å²) >= 11 is 0. The molecular weight excluding hydrogens is 264 g/mol. The summed E-state index contributed by atoms with van der Waals surface area (Å²) in [5, 5.41) is 0. The van der Waals surface area contributed by atoms with E-state index in [2.05, 4.69) is 13.0 Å². The molecule has 0 aliphatic heterocycles. The summed E-state index contributed by atoms with van der Waals surface area (Å²) in [5.74, 6) is 2.21. The molecule has 4 heteroatoms. The molecule has 2 saturated carbocycles. The quantitative estimate of drug-likeness (QED) is 0.939. The van der Waals surface area contributed by atoms with Crippen LogP contribution in [0.4, 0.5) is 0 Å². The van der Waals surface area contributed by atoms with Crippen molar-refractivity contribution in [2.24, 2.45) is 23.5 Å². The first kappa shape index (κ1) is 13.1. The monoisotopic (exact) mass is 286 g/mol. The van der Waals surface area contributed by atoms with Gasteiger partial charge in [0, 0.05) is 12.6 Å². The fraction of sp³-hybridized carbons (Fsp3) is 0.588. The molecule has 0 saturated heterocycles. The van der Waals surface area contributed by atoms with Crippen molar-refractivity contribution in [1.82, 2.24) is 4.57 Å². The zero-order valence-electron chi connectivity index (χ0n) is 12.4. The summed E-state index contributed by atoms with van der Waals surface area (Å²) in [6.07, 6.45) is 4.87. The molecule has 2 aliphatic carbocycles. The SMILES string of the molecule is CCCn1c(=O)oc2cc(C(N)C3CC4CC4C3)ccc21. The van der Waals surface area contributed by atoms with Crippen LogP contribution in [0.2, 0.25) is 0 Å². The highest BCUT2D eigenvalue weighted by atomic mass is 16.4. The zero-order valence-corrected chi connectivity index (χ0v) is 12.4. The van der Waals surface area contributed by atoms with Crippen LogP contribution in [0.5, 0.6) is 0 Å². The van der Waals surface area contributed by atoms with Crippen molar-refractivity contribution in [3.05, 3.63) is 34.3 Å². The number of benzene rings is 1. The van der Waals surface area contributed by atoms with Gasteiger partial charge in [0.25, 0.3) is 0 Å². The first-order valence-electron chi connectivity index (χ1n) is 8.06. The maximum absolute atomic E-state index is 11.9. The summed E-state index contributed by atoms with van der Waals surface area (Å²) in [5.41, 5.74) is 9.11. The zero-order chi connectivity index (χ0) is 14.6. The minimum Gasteiger partial charge on any atom is -0.408 e. The van der Waals surface area contributed by atoms with E-state index in [4.69, 9.17) is 10.2 Å². The van der Waals surface area contributed by atoms with Crippen LogP contribution in [0, 0.1) is 17.8 Å². The van der Waals surface area contributed by atoms with Gasteiger partial charge in [-0.3, -0.25) is 4.57 Å². The van der Waals surface area contributed by atoms with Gasteiger partial charge in [-0.05, 0) is 61.1 Å². The first-order chi connectivity index (χ1) is 10.2. The van der Waals surface area contributed by atoms with Gasteiger partial charge in [0.15, 0.2) is 5.58 Å². The predicted octanol–water partition coefficient (Wildman–Crippen LogP) is 3.05. The van der Waals surface area contributed by atoms with Crippen LogP contribution in [0.1, 0.15) is 44.2 Å². The van der Waals surface area contributed by atoms with E-state index in [-0.39, 0.29) is 11.8 Å². The van der Waals surface area contributed by atoms with Crippen molar-refractivity contribution in [2.45, 2.75) is 45.2 Å². The molecule has 1 heterocycles. The van der Waals surface area contributed by atoms with Crippen LogP contribution < -0.4 is 11.5 Å². The fourth-order valence-corrected chi connectivity index (χ4v) is 4.05. The third-order valence-electron chi connectivity index (χ3n) is 5.31. The first-order valence-corrected chi connectivity index (χ1v) is 8.06. The molecular formula is C17H22N2O2. The molecule has 2 aliphatic rings. The minimum atomic E-state index is -0.264. The van der Waals surface area contributed by atoms with Gasteiger partial charge in [-0.25, -0.2) is 4.79 Å². The molecule has 2 fully saturated rings. The minimum absolute atomic E-state index is 0.0713. The normalized spacial score (nSPS) is 28.8. The van der Waals surface area contributed by atoms with E-state index in [1.165, 1.54) is 19.3 Å². The van der Waals surface area contributed by atoms with Crippen LogP contribution in [-0.2, 0) is 6.54 Å². The second kappa shape index (κ2) is 4.73. The van der Waals surface area contributed by atoms with Crippen molar-refractivity contribution in [1.29, 1.82) is 0 Å². The largest absolute Gasteiger partial charge is 0.419 e. The Labute approximate surface area is 123 Å². The van der Waals surface area contributed by atoms with E-state index in [1.54, 1.807) is 4.57 Å². The van der Waals surface area contributed by atoms with Gasteiger partial charge in [-0.2, -0.15) is 0 Å². The number of rotatable bonds is 4. The average Bonchev–Trinajstić information content (AvgIpc) is 2.96. The topological polar surface area (TPSA) is 61.2 Å². The van der Waals surface area contributed by atoms with Crippen molar-refractivity contribution in [3.8, 4) is 0 Å². The Morgan fingerprint density at radius 2 is 2.10 bits per heavy atom. The third kappa shape index (κ3) is 2.13. The number of hydrogen-bond donors (Lipinski definition) is 1. The van der Waals surface area contributed by atoms with E-state index in [0.717, 1.165) is 29.3 Å². The highest BCUT2D eigenvalue weighted by molar-refractivity contribution is 5.74. The van der Waals surface area contributed by atoms with Crippen LogP contribution in [0.25, 0.3) is 11.1 Å². The molecule has 21 heavy (non-hydrogen) atoms. The maximum Gasteiger partial charge on any atom is 0.419 e. The lowest BCUT2D eigenvalue weighted by atomic mass is 9.90. The lowest BCUT2D eigenvalue weighted by molar-refractivity contribution is 0.404. The van der Waals surface area contributed by atoms with Gasteiger partial charge < -0.3 is 10.2 Å². The second-order valence-electron chi connectivity index (χ2n) is 6.76. The number of fused-ring (bicyclic) bond motifs is 2. The van der Waals surface area contributed by atoms with Crippen LogP contribution in [-0.4, -0.2) is 4.57 Å². The average molecular weight is 286 g/mol. The van der Waals surface area contributed by atoms with Gasteiger partial charge in [0.1, 0.15) is 0 Å². The lowest BCUT2D eigenvalue weighted by Gasteiger charge is -2.20. The highest BCUT2D eigenvalue weighted by Crippen LogP contribution is 2.56. The Kier molecular flexibility index (Phi) is 2.96. The Morgan fingerprint density at radius 3 is 2.81 bits per heavy atom. The van der Waals surface area contributed by atoms with Gasteiger partial charge in [-0.1, -0.05) is 13.0 Å². The number of nitrogens with two attached hydrogens (primary N) is 1. The van der Waals surface area contributed by atoms with E-state index in [9.17, 15) is 4.79 Å². The van der Waals surface area contributed by atoms with Gasteiger partial charge in [-0.15, -0.1) is 0 Å². The Morgan fingerprint density at radius 1 is 1.33 bits per heavy atom. The lowest BCUT2D eigenvalue weighted by Crippen LogP contribution is -2.20. The van der Waals surface area contributed by atoms with E-state index in [1.807, 2.05) is 12.1 Å². The number of aromatic nitrogens is 1. The molecule has 1 aromatic heterocycles. The highest BCUT2D eigenvalue weighted by Gasteiger charge is 2.47. The number of hydrogen-bond acceptors (Lipinski definition) is 3. The predicted molar refractivity (Wildman–Crippen MR) is 82.0 cm³/mol. The van der Waals surface area contributed by atoms with E-state index >= 15 is 0 Å². The van der Waals surface area contributed by atoms with Gasteiger partial charge in [0.2, 0.25) is 0 Å². The molecule has 2 aromatic rings. The van der Waals surface area contributed by atoms with Crippen molar-refractivity contribution in [3.63, 3.8) is 0 Å². The molecule has 0 amide bonds. The molecule has 4 rings (SSSR count). The van der Waals surface area contributed by atoms with Crippen molar-refractivity contribution >= 4 is 11.1 Å². The number of oxazole rings is 1. The number of aryl methyl sites for hydroxylation is 1. The smallest absolute Gasteiger partial charge is 0.408 e. The molecule has 112 valence electrons. The number of nitrogens with zero attached hydrogens (tertiary/aromatic N) is 1. The van der Waals surface area contributed by atoms with E-state index < -0.39 is 0 Å². The Balaban J connectivity index is 1.65. The maximum atomic E-state index is 11.9.